The summed E-state index contributed by atoms with van der Waals surface area (Å²) < 4.78 is 0.952. The van der Waals surface area contributed by atoms with Gasteiger partial charge in [0.05, 0.1) is 4.47 Å². The Hall–Kier alpha value is -0.0100. The molecule has 1 aromatic rings. The molecule has 0 radical (unpaired) electrons. The van der Waals surface area contributed by atoms with Gasteiger partial charge in [-0.05, 0) is 36.2 Å². The van der Waals surface area contributed by atoms with Gasteiger partial charge >= 0.3 is 0 Å². The normalized spacial score (nSPS) is 10.7. The van der Waals surface area contributed by atoms with Crippen molar-refractivity contribution in [2.24, 2.45) is 0 Å². The van der Waals surface area contributed by atoms with Crippen LogP contribution in [0.2, 0.25) is 0 Å². The summed E-state index contributed by atoms with van der Waals surface area (Å²) >= 11 is 3.32. The van der Waals surface area contributed by atoms with Crippen LogP contribution in [-0.2, 0) is 0 Å². The molecule has 2 nitrogen and oxygen atoms in total. The molecular weight excluding hydrogens is 235 g/mol. The van der Waals surface area contributed by atoms with Crippen LogP contribution in [0, 0.1) is 0 Å². The summed E-state index contributed by atoms with van der Waals surface area (Å²) in [7, 11) is -0.107. The maximum absolute atomic E-state index is 4.29. The van der Waals surface area contributed by atoms with Crippen LogP contribution in [0.5, 0.6) is 0 Å². The second kappa shape index (κ2) is 4.88. The average Bonchev–Trinajstić information content (AvgIpc) is 2.10. The molecule has 4 heteroatoms. The summed E-state index contributed by atoms with van der Waals surface area (Å²) in [4.78, 5) is 8.58. The minimum atomic E-state index is -0.107. The molecule has 66 valence electrons. The fourth-order valence-electron chi connectivity index (χ4n) is 0.975. The van der Waals surface area contributed by atoms with Gasteiger partial charge in [-0.25, -0.2) is 9.97 Å². The smallest absolute Gasteiger partial charge is 0.150 e. The molecule has 0 aliphatic rings. The highest BCUT2D eigenvalue weighted by Crippen LogP contribution is 2.30. The van der Waals surface area contributed by atoms with E-state index in [1.165, 1.54) is 12.3 Å². The Morgan fingerprint density at radius 2 is 1.75 bits per heavy atom. The van der Waals surface area contributed by atoms with Crippen LogP contribution in [0.1, 0.15) is 13.8 Å². The predicted octanol–water partition coefficient (Wildman–Crippen LogP) is 2.39. The van der Waals surface area contributed by atoms with Gasteiger partial charge in [0.25, 0.3) is 0 Å². The molecule has 0 aromatic carbocycles. The molecule has 0 aliphatic heterocycles. The van der Waals surface area contributed by atoms with E-state index in [0.29, 0.717) is 0 Å². The number of nitrogens with zero attached hydrogens (tertiary/aromatic N) is 2. The molecule has 0 unspecified atom stereocenters. The largest absolute Gasteiger partial charge is 0.236 e. The van der Waals surface area contributed by atoms with E-state index in [1.807, 2.05) is 12.4 Å². The zero-order valence-corrected chi connectivity index (χ0v) is 9.77. The number of rotatable bonds is 3. The van der Waals surface area contributed by atoms with Gasteiger partial charge < -0.3 is 0 Å². The fourth-order valence-corrected chi connectivity index (χ4v) is 2.63. The molecule has 1 heterocycles. The van der Waals surface area contributed by atoms with Crippen molar-refractivity contribution in [3.8, 4) is 0 Å². The number of aromatic nitrogens is 2. The lowest BCUT2D eigenvalue weighted by molar-refractivity contribution is 1.21. The second-order valence-corrected chi connectivity index (χ2v) is 6.03. The van der Waals surface area contributed by atoms with E-state index in [1.54, 1.807) is 0 Å². The molecule has 0 bridgehead atoms. The lowest BCUT2D eigenvalue weighted by Crippen LogP contribution is -2.12. The van der Waals surface area contributed by atoms with Gasteiger partial charge in [0.15, 0.2) is 0 Å². The van der Waals surface area contributed by atoms with Crippen LogP contribution < -0.4 is 5.57 Å². The molecule has 0 saturated carbocycles. The Kier molecular flexibility index (Phi) is 4.10. The van der Waals surface area contributed by atoms with Crippen LogP contribution in [0.3, 0.4) is 0 Å². The highest BCUT2D eigenvalue weighted by Gasteiger charge is 2.07. The van der Waals surface area contributed by atoms with Crippen molar-refractivity contribution in [1.29, 1.82) is 0 Å². The van der Waals surface area contributed by atoms with Gasteiger partial charge in [-0.2, -0.15) is 0 Å². The molecule has 0 aliphatic carbocycles. The fraction of sp³-hybridized carbons (Fsp3) is 0.500. The molecule has 12 heavy (non-hydrogen) atoms. The highest BCUT2D eigenvalue weighted by molar-refractivity contribution is 9.10. The van der Waals surface area contributed by atoms with Gasteiger partial charge in [-0.1, -0.05) is 13.8 Å². The van der Waals surface area contributed by atoms with Crippen molar-refractivity contribution in [3.05, 3.63) is 16.9 Å². The highest BCUT2D eigenvalue weighted by atomic mass is 79.9. The summed E-state index contributed by atoms with van der Waals surface area (Å²) in [6, 6.07) is 0. The Balaban J connectivity index is 2.80. The molecule has 1 rings (SSSR count). The summed E-state index contributed by atoms with van der Waals surface area (Å²) in [6.45, 7) is 4.39. The minimum Gasteiger partial charge on any atom is -0.236 e. The zero-order valence-electron chi connectivity index (χ0n) is 7.29. The summed E-state index contributed by atoms with van der Waals surface area (Å²) in [5, 5.41) is 0. The predicted molar refractivity (Wildman–Crippen MR) is 57.4 cm³/mol. The minimum absolute atomic E-state index is 0.107. The number of hydrogen-bond acceptors (Lipinski definition) is 2. The Morgan fingerprint density at radius 1 is 1.25 bits per heavy atom. The maximum atomic E-state index is 4.29. The Morgan fingerprint density at radius 3 is 2.17 bits per heavy atom. The molecule has 0 N–H and O–H groups in total. The van der Waals surface area contributed by atoms with E-state index in [2.05, 4.69) is 39.7 Å². The van der Waals surface area contributed by atoms with E-state index in [-0.39, 0.29) is 7.92 Å². The third-order valence-electron chi connectivity index (χ3n) is 1.65. The van der Waals surface area contributed by atoms with E-state index in [9.17, 15) is 0 Å². The van der Waals surface area contributed by atoms with Crippen molar-refractivity contribution >= 4 is 29.4 Å². The molecule has 0 saturated heterocycles. The number of halogens is 1. The topological polar surface area (TPSA) is 25.8 Å². The van der Waals surface area contributed by atoms with Crippen molar-refractivity contribution in [2.45, 2.75) is 13.8 Å². The van der Waals surface area contributed by atoms with Crippen LogP contribution in [0.15, 0.2) is 16.9 Å². The maximum Gasteiger partial charge on any atom is 0.150 e. The van der Waals surface area contributed by atoms with Gasteiger partial charge in [-0.15, -0.1) is 0 Å². The van der Waals surface area contributed by atoms with Crippen LogP contribution >= 0.6 is 23.9 Å². The van der Waals surface area contributed by atoms with Crippen molar-refractivity contribution in [2.75, 3.05) is 12.3 Å². The third kappa shape index (κ3) is 2.49. The van der Waals surface area contributed by atoms with Crippen molar-refractivity contribution in [3.63, 3.8) is 0 Å². The lowest BCUT2D eigenvalue weighted by Gasteiger charge is -2.09. The van der Waals surface area contributed by atoms with Crippen LogP contribution in [0.4, 0.5) is 0 Å². The van der Waals surface area contributed by atoms with Gasteiger partial charge in [0.1, 0.15) is 5.57 Å². The lowest BCUT2D eigenvalue weighted by atomic mass is 10.7. The van der Waals surface area contributed by atoms with E-state index in [4.69, 9.17) is 0 Å². The summed E-state index contributed by atoms with van der Waals surface area (Å²) in [5.74, 6) is 0. The Bertz CT molecular complexity index is 233. The van der Waals surface area contributed by atoms with Crippen LogP contribution in [-0.4, -0.2) is 22.3 Å². The second-order valence-electron chi connectivity index (χ2n) is 2.37. The standard InChI is InChI=1S/C8H12BrN2P/c1-3-12(4-2)8-10-5-7(9)6-11-8/h5-6H,3-4H2,1-2H3. The molecule has 0 atom stereocenters. The van der Waals surface area contributed by atoms with Crippen LogP contribution in [0.25, 0.3) is 0 Å². The first kappa shape index (κ1) is 10.1. The zero-order chi connectivity index (χ0) is 8.97. The molecule has 1 aromatic heterocycles. The quantitative estimate of drug-likeness (QED) is 0.766. The third-order valence-corrected chi connectivity index (χ3v) is 4.39. The summed E-state index contributed by atoms with van der Waals surface area (Å²) in [6.07, 6.45) is 5.99. The van der Waals surface area contributed by atoms with Crippen molar-refractivity contribution < 1.29 is 0 Å². The molecule has 0 amide bonds. The monoisotopic (exact) mass is 246 g/mol. The molecule has 0 spiro atoms. The van der Waals surface area contributed by atoms with E-state index < -0.39 is 0 Å². The summed E-state index contributed by atoms with van der Waals surface area (Å²) in [5.41, 5.74) is 1.03. The SMILES string of the molecule is CCP(CC)c1ncc(Br)cn1. The van der Waals surface area contributed by atoms with Crippen molar-refractivity contribution in [1.82, 2.24) is 9.97 Å². The first-order chi connectivity index (χ1) is 5.77. The Labute approximate surface area is 82.7 Å². The van der Waals surface area contributed by atoms with Gasteiger partial charge in [-0.3, -0.25) is 0 Å². The molecule has 0 fully saturated rings. The first-order valence-electron chi connectivity index (χ1n) is 4.00. The van der Waals surface area contributed by atoms with E-state index >= 15 is 0 Å². The average molecular weight is 247 g/mol. The first-order valence-corrected chi connectivity index (χ1v) is 6.51. The van der Waals surface area contributed by atoms with E-state index in [0.717, 1.165) is 10.0 Å². The van der Waals surface area contributed by atoms with Gasteiger partial charge in [0.2, 0.25) is 0 Å². The molecular formula is C8H12BrN2P. The number of hydrogen-bond donors (Lipinski definition) is 0. The van der Waals surface area contributed by atoms with Gasteiger partial charge in [0, 0.05) is 12.4 Å².